The van der Waals surface area contributed by atoms with E-state index in [1.54, 1.807) is 0 Å². The van der Waals surface area contributed by atoms with Crippen LogP contribution < -0.4 is 10.2 Å². The second-order valence-electron chi connectivity index (χ2n) is 6.30. The number of para-hydroxylation sites is 2. The summed E-state index contributed by atoms with van der Waals surface area (Å²) in [7, 11) is 0. The maximum absolute atomic E-state index is 12.4. The third-order valence-corrected chi connectivity index (χ3v) is 4.30. The van der Waals surface area contributed by atoms with Crippen molar-refractivity contribution in [2.75, 3.05) is 36.4 Å². The van der Waals surface area contributed by atoms with Gasteiger partial charge in [0.05, 0.1) is 23.6 Å². The first kappa shape index (κ1) is 15.2. The summed E-state index contributed by atoms with van der Waals surface area (Å²) in [4.78, 5) is 16.5. The van der Waals surface area contributed by atoms with Crippen LogP contribution in [0.1, 0.15) is 26.7 Å². The summed E-state index contributed by atoms with van der Waals surface area (Å²) in [5.74, 6) is 0. The monoisotopic (exact) mass is 303 g/mol. The number of likely N-dealkylation sites (tertiary alicyclic amines) is 1. The van der Waals surface area contributed by atoms with Crippen molar-refractivity contribution in [1.82, 2.24) is 4.90 Å². The zero-order chi connectivity index (χ0) is 15.5. The summed E-state index contributed by atoms with van der Waals surface area (Å²) in [5.41, 5.74) is 1.97. The second-order valence-corrected chi connectivity index (χ2v) is 6.30. The van der Waals surface area contributed by atoms with Gasteiger partial charge >= 0.3 is 6.03 Å². The van der Waals surface area contributed by atoms with Gasteiger partial charge in [0.1, 0.15) is 0 Å². The van der Waals surface area contributed by atoms with Crippen molar-refractivity contribution in [1.29, 1.82) is 0 Å². The molecule has 2 fully saturated rings. The van der Waals surface area contributed by atoms with Crippen molar-refractivity contribution in [2.24, 2.45) is 0 Å². The topological polar surface area (TPSA) is 44.8 Å². The van der Waals surface area contributed by atoms with E-state index in [9.17, 15) is 4.79 Å². The Morgan fingerprint density at radius 2 is 1.77 bits per heavy atom. The van der Waals surface area contributed by atoms with Gasteiger partial charge < -0.3 is 19.9 Å². The Bertz CT molecular complexity index is 518. The minimum atomic E-state index is 0.0132. The third-order valence-electron chi connectivity index (χ3n) is 4.30. The number of hydrogen-bond acceptors (Lipinski definition) is 3. The highest BCUT2D eigenvalue weighted by atomic mass is 16.5. The molecule has 1 aromatic rings. The Balaban J connectivity index is 1.76. The van der Waals surface area contributed by atoms with Gasteiger partial charge in [0.15, 0.2) is 0 Å². The fourth-order valence-electron chi connectivity index (χ4n) is 3.34. The van der Waals surface area contributed by atoms with Crippen LogP contribution in [0.2, 0.25) is 0 Å². The second kappa shape index (κ2) is 6.57. The highest BCUT2D eigenvalue weighted by molar-refractivity contribution is 5.93. The van der Waals surface area contributed by atoms with Crippen LogP contribution >= 0.6 is 0 Å². The van der Waals surface area contributed by atoms with E-state index < -0.39 is 0 Å². The van der Waals surface area contributed by atoms with Crippen LogP contribution in [0.25, 0.3) is 0 Å². The molecule has 2 aliphatic rings. The minimum Gasteiger partial charge on any atom is -0.372 e. The highest BCUT2D eigenvalue weighted by Crippen LogP contribution is 2.29. The van der Waals surface area contributed by atoms with Gasteiger partial charge in [-0.15, -0.1) is 0 Å². The number of carbonyl (C=O) groups is 1. The lowest BCUT2D eigenvalue weighted by atomic mass is 10.1. The van der Waals surface area contributed by atoms with Crippen LogP contribution in [0.3, 0.4) is 0 Å². The Kier molecular flexibility index (Phi) is 4.52. The van der Waals surface area contributed by atoms with Gasteiger partial charge in [0.2, 0.25) is 0 Å². The Hall–Kier alpha value is -1.75. The van der Waals surface area contributed by atoms with Crippen LogP contribution in [0.4, 0.5) is 16.2 Å². The van der Waals surface area contributed by atoms with E-state index in [0.29, 0.717) is 0 Å². The lowest BCUT2D eigenvalue weighted by Crippen LogP contribution is -2.46. The molecule has 0 unspecified atom stereocenters. The molecule has 2 saturated heterocycles. The summed E-state index contributed by atoms with van der Waals surface area (Å²) in [6, 6.07) is 8.06. The van der Waals surface area contributed by atoms with Gasteiger partial charge in [-0.05, 0) is 38.8 Å². The van der Waals surface area contributed by atoms with Crippen LogP contribution in [0.15, 0.2) is 24.3 Å². The molecule has 1 N–H and O–H groups in total. The summed E-state index contributed by atoms with van der Waals surface area (Å²) in [6.45, 7) is 7.60. The third kappa shape index (κ3) is 3.35. The van der Waals surface area contributed by atoms with Crippen molar-refractivity contribution in [2.45, 2.75) is 38.9 Å². The molecular weight excluding hydrogens is 278 g/mol. The smallest absolute Gasteiger partial charge is 0.321 e. The molecular formula is C17H25N3O2. The van der Waals surface area contributed by atoms with Gasteiger partial charge in [-0.3, -0.25) is 0 Å². The summed E-state index contributed by atoms with van der Waals surface area (Å²) >= 11 is 0. The van der Waals surface area contributed by atoms with Gasteiger partial charge in [-0.25, -0.2) is 4.79 Å². The molecule has 2 amide bonds. The SMILES string of the molecule is C[C@@H]1CN(c2ccccc2NC(=O)N2CCCC2)C[C@@H](C)O1. The number of hydrogen-bond donors (Lipinski definition) is 1. The number of ether oxygens (including phenoxy) is 1. The van der Waals surface area contributed by atoms with Crippen molar-refractivity contribution in [3.05, 3.63) is 24.3 Å². The Morgan fingerprint density at radius 3 is 2.45 bits per heavy atom. The van der Waals surface area contributed by atoms with Gasteiger partial charge in [-0.2, -0.15) is 0 Å². The molecule has 2 aliphatic heterocycles. The molecule has 5 heteroatoms. The van der Waals surface area contributed by atoms with Crippen LogP contribution in [-0.2, 0) is 4.74 Å². The maximum atomic E-state index is 12.4. The molecule has 0 bridgehead atoms. The summed E-state index contributed by atoms with van der Waals surface area (Å²) < 4.78 is 5.80. The molecule has 0 saturated carbocycles. The van der Waals surface area contributed by atoms with Crippen molar-refractivity contribution in [3.8, 4) is 0 Å². The van der Waals surface area contributed by atoms with E-state index in [2.05, 4.69) is 30.1 Å². The fourth-order valence-corrected chi connectivity index (χ4v) is 3.34. The van der Waals surface area contributed by atoms with Gasteiger partial charge in [0.25, 0.3) is 0 Å². The van der Waals surface area contributed by atoms with Gasteiger partial charge in [-0.1, -0.05) is 12.1 Å². The number of nitrogens with zero attached hydrogens (tertiary/aromatic N) is 2. The lowest BCUT2D eigenvalue weighted by molar-refractivity contribution is -0.00517. The van der Waals surface area contributed by atoms with E-state index in [4.69, 9.17) is 4.74 Å². The molecule has 3 rings (SSSR count). The lowest BCUT2D eigenvalue weighted by Gasteiger charge is -2.37. The largest absolute Gasteiger partial charge is 0.372 e. The van der Waals surface area contributed by atoms with Crippen LogP contribution in [-0.4, -0.2) is 49.3 Å². The normalized spacial score (nSPS) is 25.4. The number of amides is 2. The first-order chi connectivity index (χ1) is 10.6. The van der Waals surface area contributed by atoms with Crippen molar-refractivity contribution < 1.29 is 9.53 Å². The zero-order valence-corrected chi connectivity index (χ0v) is 13.4. The standard InChI is InChI=1S/C17H25N3O2/c1-13-11-20(12-14(2)22-13)16-8-4-3-7-15(16)18-17(21)19-9-5-6-10-19/h3-4,7-8,13-14H,5-6,9-12H2,1-2H3,(H,18,21)/t13-,14-/m1/s1. The molecule has 0 aliphatic carbocycles. The van der Waals surface area contributed by atoms with E-state index in [1.807, 2.05) is 23.1 Å². The maximum Gasteiger partial charge on any atom is 0.321 e. The molecule has 120 valence electrons. The van der Waals surface area contributed by atoms with Crippen molar-refractivity contribution >= 4 is 17.4 Å². The first-order valence-corrected chi connectivity index (χ1v) is 8.19. The Morgan fingerprint density at radius 1 is 1.14 bits per heavy atom. The van der Waals surface area contributed by atoms with E-state index in [-0.39, 0.29) is 18.2 Å². The quantitative estimate of drug-likeness (QED) is 0.913. The summed E-state index contributed by atoms with van der Waals surface area (Å²) in [5, 5.41) is 3.08. The Labute approximate surface area is 132 Å². The highest BCUT2D eigenvalue weighted by Gasteiger charge is 2.25. The van der Waals surface area contributed by atoms with Gasteiger partial charge in [0, 0.05) is 26.2 Å². The average Bonchev–Trinajstić information content (AvgIpc) is 3.01. The number of benzene rings is 1. The molecule has 0 spiro atoms. The van der Waals surface area contributed by atoms with Crippen LogP contribution in [0.5, 0.6) is 0 Å². The number of nitrogens with one attached hydrogen (secondary N) is 1. The molecule has 2 heterocycles. The number of morpholine rings is 1. The summed E-state index contributed by atoms with van der Waals surface area (Å²) in [6.07, 6.45) is 2.61. The number of anilines is 2. The fraction of sp³-hybridized carbons (Fsp3) is 0.588. The average molecular weight is 303 g/mol. The van der Waals surface area contributed by atoms with Crippen LogP contribution in [0, 0.1) is 0 Å². The molecule has 5 nitrogen and oxygen atoms in total. The molecule has 22 heavy (non-hydrogen) atoms. The zero-order valence-electron chi connectivity index (χ0n) is 13.4. The molecule has 0 aromatic heterocycles. The van der Waals surface area contributed by atoms with E-state index >= 15 is 0 Å². The van der Waals surface area contributed by atoms with Crippen molar-refractivity contribution in [3.63, 3.8) is 0 Å². The molecule has 1 aromatic carbocycles. The number of rotatable bonds is 2. The number of carbonyl (C=O) groups excluding carboxylic acids is 1. The number of urea groups is 1. The first-order valence-electron chi connectivity index (χ1n) is 8.19. The predicted molar refractivity (Wildman–Crippen MR) is 88.5 cm³/mol. The molecule has 2 atom stereocenters. The van der Waals surface area contributed by atoms with E-state index in [0.717, 1.165) is 50.4 Å². The van der Waals surface area contributed by atoms with E-state index in [1.165, 1.54) is 0 Å². The predicted octanol–water partition coefficient (Wildman–Crippen LogP) is 2.93. The minimum absolute atomic E-state index is 0.0132. The molecule has 0 radical (unpaired) electrons.